The molecule has 1 aliphatic rings. The first-order chi connectivity index (χ1) is 10.1. The van der Waals surface area contributed by atoms with E-state index in [4.69, 9.17) is 0 Å². The summed E-state index contributed by atoms with van der Waals surface area (Å²) < 4.78 is 0. The first-order valence-corrected chi connectivity index (χ1v) is 6.88. The van der Waals surface area contributed by atoms with Crippen LogP contribution >= 0.6 is 11.8 Å². The van der Waals surface area contributed by atoms with E-state index in [1.54, 1.807) is 12.1 Å². The van der Waals surface area contributed by atoms with Gasteiger partial charge in [-0.2, -0.15) is 0 Å². The molecule has 0 spiro atoms. The molecule has 1 heterocycles. The first kappa shape index (κ1) is 13.4. The molecule has 0 unspecified atom stereocenters. The van der Waals surface area contributed by atoms with Crippen LogP contribution in [0.1, 0.15) is 15.9 Å². The molecule has 5 nitrogen and oxygen atoms in total. The van der Waals surface area contributed by atoms with Crippen LogP contribution in [0.4, 0.5) is 5.69 Å². The minimum atomic E-state index is -0.542. The second-order valence-corrected chi connectivity index (χ2v) is 5.52. The summed E-state index contributed by atoms with van der Waals surface area (Å²) in [4.78, 5) is 23.7. The van der Waals surface area contributed by atoms with Gasteiger partial charge < -0.3 is 5.11 Å². The number of phenolic OH excluding ortho intramolecular Hbond substituents is 1. The smallest absolute Gasteiger partial charge is 0.270 e. The number of nitro groups is 1. The fourth-order valence-corrected chi connectivity index (χ4v) is 3.09. The Morgan fingerprint density at radius 3 is 2.67 bits per heavy atom. The maximum Gasteiger partial charge on any atom is 0.270 e. The lowest BCUT2D eigenvalue weighted by molar-refractivity contribution is -0.384. The summed E-state index contributed by atoms with van der Waals surface area (Å²) in [5.74, 6) is -0.237. The van der Waals surface area contributed by atoms with E-state index in [9.17, 15) is 20.0 Å². The van der Waals surface area contributed by atoms with Crippen LogP contribution in [0, 0.1) is 10.1 Å². The van der Waals surface area contributed by atoms with Gasteiger partial charge in [-0.3, -0.25) is 14.9 Å². The summed E-state index contributed by atoms with van der Waals surface area (Å²) >= 11 is 1.29. The first-order valence-electron chi connectivity index (χ1n) is 6.07. The van der Waals surface area contributed by atoms with Gasteiger partial charge in [0, 0.05) is 28.2 Å². The molecule has 21 heavy (non-hydrogen) atoms. The summed E-state index contributed by atoms with van der Waals surface area (Å²) in [7, 11) is 0. The third kappa shape index (κ3) is 2.41. The van der Waals surface area contributed by atoms with Gasteiger partial charge in [-0.05, 0) is 24.3 Å². The lowest BCUT2D eigenvalue weighted by Gasteiger charge is -2.00. The van der Waals surface area contributed by atoms with E-state index in [1.807, 2.05) is 12.1 Å². The van der Waals surface area contributed by atoms with Crippen molar-refractivity contribution in [1.82, 2.24) is 0 Å². The highest BCUT2D eigenvalue weighted by Crippen LogP contribution is 2.41. The van der Waals surface area contributed by atoms with Crippen molar-refractivity contribution in [1.29, 1.82) is 0 Å². The number of Topliss-reactive ketones (excluding diaryl/α,β-unsaturated/α-hetero) is 1. The number of hydrogen-bond acceptors (Lipinski definition) is 5. The van der Waals surface area contributed by atoms with E-state index in [-0.39, 0.29) is 22.8 Å². The SMILES string of the molecule is O=C1/C(=C\c2cc([N+](=O)[O-])ccc2O)Sc2ccccc21. The number of thioether (sulfide) groups is 1. The predicted octanol–water partition coefficient (Wildman–Crippen LogP) is 3.63. The van der Waals surface area contributed by atoms with Crippen LogP contribution in [-0.2, 0) is 0 Å². The minimum Gasteiger partial charge on any atom is -0.507 e. The Morgan fingerprint density at radius 2 is 1.95 bits per heavy atom. The Balaban J connectivity index is 2.03. The monoisotopic (exact) mass is 299 g/mol. The fraction of sp³-hybridized carbons (Fsp3) is 0. The van der Waals surface area contributed by atoms with Crippen LogP contribution in [0.25, 0.3) is 6.08 Å². The Hall–Kier alpha value is -2.60. The largest absolute Gasteiger partial charge is 0.507 e. The Morgan fingerprint density at radius 1 is 1.19 bits per heavy atom. The molecular weight excluding hydrogens is 290 g/mol. The van der Waals surface area contributed by atoms with Crippen LogP contribution in [0.15, 0.2) is 52.3 Å². The Bertz CT molecular complexity index is 798. The van der Waals surface area contributed by atoms with Crippen molar-refractivity contribution in [2.75, 3.05) is 0 Å². The molecule has 0 aliphatic carbocycles. The number of carbonyl (C=O) groups excluding carboxylic acids is 1. The number of rotatable bonds is 2. The van der Waals surface area contributed by atoms with E-state index in [2.05, 4.69) is 0 Å². The van der Waals surface area contributed by atoms with Gasteiger partial charge in [-0.25, -0.2) is 0 Å². The van der Waals surface area contributed by atoms with Crippen molar-refractivity contribution in [3.05, 3.63) is 68.6 Å². The Kier molecular flexibility index (Phi) is 3.23. The molecule has 0 radical (unpaired) electrons. The number of hydrogen-bond donors (Lipinski definition) is 1. The molecule has 3 rings (SSSR count). The molecule has 0 bridgehead atoms. The van der Waals surface area contributed by atoms with Gasteiger partial charge in [0.2, 0.25) is 5.78 Å². The predicted molar refractivity (Wildman–Crippen MR) is 79.4 cm³/mol. The van der Waals surface area contributed by atoms with Gasteiger partial charge in [0.05, 0.1) is 9.83 Å². The Labute approximate surface area is 124 Å². The average Bonchev–Trinajstić information content (AvgIpc) is 2.78. The number of non-ortho nitro benzene ring substituents is 1. The average molecular weight is 299 g/mol. The summed E-state index contributed by atoms with van der Waals surface area (Å²) in [5.41, 5.74) is 0.735. The molecule has 2 aromatic rings. The number of nitrogens with zero attached hydrogens (tertiary/aromatic N) is 1. The zero-order valence-corrected chi connectivity index (χ0v) is 11.5. The van der Waals surface area contributed by atoms with Crippen molar-refractivity contribution in [3.8, 4) is 5.75 Å². The van der Waals surface area contributed by atoms with Gasteiger partial charge in [0.25, 0.3) is 5.69 Å². The molecule has 0 saturated heterocycles. The van der Waals surface area contributed by atoms with Gasteiger partial charge in [-0.1, -0.05) is 23.9 Å². The summed E-state index contributed by atoms with van der Waals surface area (Å²) in [5, 5.41) is 20.6. The van der Waals surface area contributed by atoms with E-state index in [0.29, 0.717) is 10.5 Å². The third-order valence-electron chi connectivity index (χ3n) is 3.08. The van der Waals surface area contributed by atoms with Crippen molar-refractivity contribution >= 4 is 29.3 Å². The van der Waals surface area contributed by atoms with E-state index >= 15 is 0 Å². The van der Waals surface area contributed by atoms with Gasteiger partial charge >= 0.3 is 0 Å². The standard InChI is InChI=1S/C15H9NO4S/c17-12-6-5-10(16(19)20)7-9(12)8-14-15(18)11-3-1-2-4-13(11)21-14/h1-8,17H/b14-8+. The zero-order valence-electron chi connectivity index (χ0n) is 10.6. The molecule has 1 aliphatic heterocycles. The molecule has 0 fully saturated rings. The molecule has 104 valence electrons. The van der Waals surface area contributed by atoms with E-state index in [1.165, 1.54) is 36.0 Å². The van der Waals surface area contributed by atoms with Crippen LogP contribution < -0.4 is 0 Å². The maximum atomic E-state index is 12.2. The summed E-state index contributed by atoms with van der Waals surface area (Å²) in [6.07, 6.45) is 1.48. The number of benzene rings is 2. The van der Waals surface area contributed by atoms with Crippen LogP contribution in [-0.4, -0.2) is 15.8 Å². The lowest BCUT2D eigenvalue weighted by atomic mass is 10.1. The van der Waals surface area contributed by atoms with Crippen molar-refractivity contribution in [3.63, 3.8) is 0 Å². The molecule has 6 heteroatoms. The molecule has 2 aromatic carbocycles. The molecule has 1 N–H and O–H groups in total. The second-order valence-electron chi connectivity index (χ2n) is 4.44. The van der Waals surface area contributed by atoms with Crippen molar-refractivity contribution < 1.29 is 14.8 Å². The number of allylic oxidation sites excluding steroid dienone is 1. The summed E-state index contributed by atoms with van der Waals surface area (Å²) in [6, 6.07) is 10.9. The quantitative estimate of drug-likeness (QED) is 0.520. The number of fused-ring (bicyclic) bond motifs is 1. The number of phenols is 1. The zero-order chi connectivity index (χ0) is 15.0. The highest BCUT2D eigenvalue weighted by Gasteiger charge is 2.25. The van der Waals surface area contributed by atoms with Gasteiger partial charge in [0.1, 0.15) is 5.75 Å². The van der Waals surface area contributed by atoms with Crippen LogP contribution in [0.5, 0.6) is 5.75 Å². The third-order valence-corrected chi connectivity index (χ3v) is 4.18. The number of ketones is 1. The molecule has 0 amide bonds. The molecule has 0 atom stereocenters. The van der Waals surface area contributed by atoms with E-state index in [0.717, 1.165) is 4.90 Å². The molecular formula is C15H9NO4S. The van der Waals surface area contributed by atoms with Crippen LogP contribution in [0.3, 0.4) is 0 Å². The fourth-order valence-electron chi connectivity index (χ4n) is 2.05. The highest BCUT2D eigenvalue weighted by molar-refractivity contribution is 8.04. The van der Waals surface area contributed by atoms with Crippen molar-refractivity contribution in [2.24, 2.45) is 0 Å². The minimum absolute atomic E-state index is 0.0996. The molecule has 0 aromatic heterocycles. The number of aromatic hydroxyl groups is 1. The second kappa shape index (κ2) is 5.06. The summed E-state index contributed by atoms with van der Waals surface area (Å²) in [6.45, 7) is 0. The maximum absolute atomic E-state index is 12.2. The van der Waals surface area contributed by atoms with Crippen LogP contribution in [0.2, 0.25) is 0 Å². The van der Waals surface area contributed by atoms with E-state index < -0.39 is 4.92 Å². The normalized spacial score (nSPS) is 15.2. The van der Waals surface area contributed by atoms with Crippen molar-refractivity contribution in [2.45, 2.75) is 4.90 Å². The number of carbonyl (C=O) groups is 1. The topological polar surface area (TPSA) is 80.4 Å². The molecule has 0 saturated carbocycles. The van der Waals surface area contributed by atoms with Gasteiger partial charge in [0.15, 0.2) is 0 Å². The van der Waals surface area contributed by atoms with Gasteiger partial charge in [-0.15, -0.1) is 0 Å². The number of nitro benzene ring substituents is 1. The highest BCUT2D eigenvalue weighted by atomic mass is 32.2. The lowest BCUT2D eigenvalue weighted by Crippen LogP contribution is -1.94.